The topological polar surface area (TPSA) is 61.8 Å². The van der Waals surface area contributed by atoms with E-state index in [1.54, 1.807) is 0 Å². The fourth-order valence-corrected chi connectivity index (χ4v) is 3.53. The van der Waals surface area contributed by atoms with Crippen molar-refractivity contribution in [3.63, 3.8) is 0 Å². The summed E-state index contributed by atoms with van der Waals surface area (Å²) in [6.07, 6.45) is 10.0. The molecular formula is C17H28O5. The molecule has 0 N–H and O–H groups in total. The first-order valence-corrected chi connectivity index (χ1v) is 8.47. The molecular weight excluding hydrogens is 284 g/mol. The maximum Gasteiger partial charge on any atom is 0.309 e. The van der Waals surface area contributed by atoms with Crippen LogP contribution >= 0.6 is 0 Å². The Morgan fingerprint density at radius 2 is 1.82 bits per heavy atom. The van der Waals surface area contributed by atoms with Crippen molar-refractivity contribution in [2.24, 2.45) is 0 Å². The third-order valence-electron chi connectivity index (χ3n) is 4.75. The van der Waals surface area contributed by atoms with Gasteiger partial charge in [0.25, 0.3) is 0 Å². The van der Waals surface area contributed by atoms with Crippen molar-refractivity contribution in [1.29, 1.82) is 0 Å². The minimum Gasteiger partial charge on any atom is -0.456 e. The summed E-state index contributed by atoms with van der Waals surface area (Å²) in [6, 6.07) is 0. The zero-order chi connectivity index (χ0) is 16.1. The van der Waals surface area contributed by atoms with E-state index in [4.69, 9.17) is 14.5 Å². The van der Waals surface area contributed by atoms with Gasteiger partial charge in [0.15, 0.2) is 0 Å². The van der Waals surface area contributed by atoms with Gasteiger partial charge >= 0.3 is 5.97 Å². The number of unbranched alkanes of at least 4 members (excludes halogenated alkanes) is 6. The summed E-state index contributed by atoms with van der Waals surface area (Å²) in [4.78, 5) is 32.7. The van der Waals surface area contributed by atoms with Crippen LogP contribution < -0.4 is 0 Å². The summed E-state index contributed by atoms with van der Waals surface area (Å²) in [7, 11) is 0. The van der Waals surface area contributed by atoms with Gasteiger partial charge in [-0.3, -0.25) is 4.79 Å². The molecule has 5 heteroatoms. The van der Waals surface area contributed by atoms with Gasteiger partial charge in [0.2, 0.25) is 0 Å². The van der Waals surface area contributed by atoms with E-state index in [9.17, 15) is 9.59 Å². The number of esters is 1. The average Bonchev–Trinajstić information content (AvgIpc) is 2.74. The summed E-state index contributed by atoms with van der Waals surface area (Å²) in [5.41, 5.74) is -0.924. The van der Waals surface area contributed by atoms with Crippen LogP contribution in [-0.4, -0.2) is 29.6 Å². The van der Waals surface area contributed by atoms with E-state index in [1.807, 2.05) is 13.8 Å². The molecule has 126 valence electrons. The van der Waals surface area contributed by atoms with Gasteiger partial charge in [-0.15, -0.1) is 0 Å². The first-order valence-electron chi connectivity index (χ1n) is 8.47. The minimum atomic E-state index is -0.543. The Morgan fingerprint density at radius 3 is 2.55 bits per heavy atom. The predicted molar refractivity (Wildman–Crippen MR) is 81.1 cm³/mol. The van der Waals surface area contributed by atoms with Crippen molar-refractivity contribution in [3.8, 4) is 0 Å². The van der Waals surface area contributed by atoms with Crippen molar-refractivity contribution >= 4 is 12.3 Å². The van der Waals surface area contributed by atoms with Gasteiger partial charge in [-0.1, -0.05) is 32.1 Å². The van der Waals surface area contributed by atoms with E-state index < -0.39 is 5.60 Å². The zero-order valence-corrected chi connectivity index (χ0v) is 13.8. The normalized spacial score (nSPS) is 34.3. The third kappa shape index (κ3) is 4.53. The summed E-state index contributed by atoms with van der Waals surface area (Å²) < 4.78 is 5.46. The molecule has 0 saturated carbocycles. The van der Waals surface area contributed by atoms with Crippen molar-refractivity contribution in [3.05, 3.63) is 0 Å². The molecule has 0 aromatic rings. The van der Waals surface area contributed by atoms with Gasteiger partial charge < -0.3 is 9.53 Å². The third-order valence-corrected chi connectivity index (χ3v) is 4.75. The van der Waals surface area contributed by atoms with E-state index in [2.05, 4.69) is 0 Å². The summed E-state index contributed by atoms with van der Waals surface area (Å²) in [6.45, 7) is 3.97. The largest absolute Gasteiger partial charge is 0.456 e. The number of hydrogen-bond donors (Lipinski definition) is 0. The molecule has 2 aliphatic heterocycles. The molecule has 2 rings (SSSR count). The Hall–Kier alpha value is -0.940. The van der Waals surface area contributed by atoms with Gasteiger partial charge in [0.05, 0.1) is 6.42 Å². The maximum atomic E-state index is 11.5. The van der Waals surface area contributed by atoms with Crippen LogP contribution in [0.1, 0.15) is 78.1 Å². The van der Waals surface area contributed by atoms with Gasteiger partial charge in [-0.2, -0.15) is 0 Å². The lowest BCUT2D eigenvalue weighted by Gasteiger charge is -2.43. The number of hydrogen-bond acceptors (Lipinski definition) is 5. The van der Waals surface area contributed by atoms with Crippen LogP contribution in [0.4, 0.5) is 0 Å². The standard InChI is InChI=1S/C17H28O5/c1-16(10-8-6-4-3-5-7-9-11-18)13-17(2)14(21-22-16)12-15(19)20-17/h11,14H,3-10,12-13H2,1-2H3/t14?,16-,17?/m0/s1. The van der Waals surface area contributed by atoms with Gasteiger partial charge in [-0.05, 0) is 26.7 Å². The van der Waals surface area contributed by atoms with E-state index >= 15 is 0 Å². The van der Waals surface area contributed by atoms with Crippen LogP contribution in [0.5, 0.6) is 0 Å². The number of ether oxygens (including phenoxy) is 1. The molecule has 2 heterocycles. The molecule has 5 nitrogen and oxygen atoms in total. The Balaban J connectivity index is 1.65. The Bertz CT molecular complexity index is 397. The highest BCUT2D eigenvalue weighted by molar-refractivity contribution is 5.73. The molecule has 2 fully saturated rings. The number of carbonyl (C=O) groups is 2. The van der Waals surface area contributed by atoms with Gasteiger partial charge in [0.1, 0.15) is 23.6 Å². The lowest BCUT2D eigenvalue weighted by molar-refractivity contribution is -0.428. The summed E-state index contributed by atoms with van der Waals surface area (Å²) in [5.74, 6) is -0.198. The lowest BCUT2D eigenvalue weighted by Crippen LogP contribution is -2.51. The molecule has 0 aromatic carbocycles. The van der Waals surface area contributed by atoms with Crippen molar-refractivity contribution in [2.75, 3.05) is 0 Å². The first-order chi connectivity index (χ1) is 10.5. The van der Waals surface area contributed by atoms with Crippen molar-refractivity contribution in [2.45, 2.75) is 95.4 Å². The van der Waals surface area contributed by atoms with E-state index in [0.29, 0.717) is 12.8 Å². The molecule has 0 spiro atoms. The first kappa shape index (κ1) is 17.4. The highest BCUT2D eigenvalue weighted by Crippen LogP contribution is 2.44. The van der Waals surface area contributed by atoms with Crippen molar-refractivity contribution < 1.29 is 24.1 Å². The molecule has 22 heavy (non-hydrogen) atoms. The Labute approximate surface area is 132 Å². The average molecular weight is 312 g/mol. The fourth-order valence-electron chi connectivity index (χ4n) is 3.53. The zero-order valence-electron chi connectivity index (χ0n) is 13.8. The maximum absolute atomic E-state index is 11.5. The Morgan fingerprint density at radius 1 is 1.14 bits per heavy atom. The predicted octanol–water partition coefficient (Wildman–Crippen LogP) is 3.49. The van der Waals surface area contributed by atoms with Gasteiger partial charge in [0, 0.05) is 12.8 Å². The summed E-state index contributed by atoms with van der Waals surface area (Å²) >= 11 is 0. The number of fused-ring (bicyclic) bond motifs is 1. The number of carbonyl (C=O) groups excluding carboxylic acids is 2. The Kier molecular flexibility index (Phi) is 5.98. The van der Waals surface area contributed by atoms with Crippen LogP contribution in [-0.2, 0) is 24.1 Å². The van der Waals surface area contributed by atoms with E-state index in [0.717, 1.165) is 38.4 Å². The van der Waals surface area contributed by atoms with Crippen LogP contribution in [0.25, 0.3) is 0 Å². The second-order valence-electron chi connectivity index (χ2n) is 7.11. The molecule has 2 aliphatic rings. The summed E-state index contributed by atoms with van der Waals surface area (Å²) in [5, 5.41) is 0. The van der Waals surface area contributed by atoms with Crippen LogP contribution in [0.15, 0.2) is 0 Å². The van der Waals surface area contributed by atoms with E-state index in [1.165, 1.54) is 12.8 Å². The molecule has 3 atom stereocenters. The molecule has 0 aromatic heterocycles. The molecule has 0 amide bonds. The van der Waals surface area contributed by atoms with Crippen LogP contribution in [0.3, 0.4) is 0 Å². The lowest BCUT2D eigenvalue weighted by atomic mass is 9.82. The SMILES string of the molecule is CC12C[C@](C)(CCCCCCCCC=O)OOC1CC(=O)O2. The highest BCUT2D eigenvalue weighted by atomic mass is 17.2. The van der Waals surface area contributed by atoms with Crippen LogP contribution in [0.2, 0.25) is 0 Å². The quantitative estimate of drug-likeness (QED) is 0.282. The van der Waals surface area contributed by atoms with Crippen LogP contribution in [0, 0.1) is 0 Å². The smallest absolute Gasteiger partial charge is 0.309 e. The molecule has 2 unspecified atom stereocenters. The monoisotopic (exact) mass is 312 g/mol. The highest BCUT2D eigenvalue weighted by Gasteiger charge is 2.55. The second-order valence-corrected chi connectivity index (χ2v) is 7.11. The van der Waals surface area contributed by atoms with Crippen molar-refractivity contribution in [1.82, 2.24) is 0 Å². The second kappa shape index (κ2) is 7.55. The van der Waals surface area contributed by atoms with E-state index in [-0.39, 0.29) is 24.1 Å². The minimum absolute atomic E-state index is 0.198. The molecule has 0 radical (unpaired) electrons. The number of rotatable bonds is 9. The fraction of sp³-hybridized carbons (Fsp3) is 0.882. The molecule has 0 bridgehead atoms. The van der Waals surface area contributed by atoms with Gasteiger partial charge in [-0.25, -0.2) is 9.78 Å². The molecule has 2 saturated heterocycles. The number of aldehydes is 1. The molecule has 0 aliphatic carbocycles.